The number of hydrogen-bond acceptors (Lipinski definition) is 6. The summed E-state index contributed by atoms with van der Waals surface area (Å²) in [4.78, 5) is 30.6. The molecule has 0 atom stereocenters. The number of carbonyl (C=O) groups is 2. The van der Waals surface area contributed by atoms with E-state index in [2.05, 4.69) is 21.7 Å². The van der Waals surface area contributed by atoms with Gasteiger partial charge in [-0.25, -0.2) is 4.98 Å². The van der Waals surface area contributed by atoms with E-state index in [9.17, 15) is 22.8 Å². The summed E-state index contributed by atoms with van der Waals surface area (Å²) in [7, 11) is 1.93. The third kappa shape index (κ3) is 10.0. The number of halogens is 3. The first kappa shape index (κ1) is 30.1. The van der Waals surface area contributed by atoms with Crippen molar-refractivity contribution < 1.29 is 22.8 Å². The van der Waals surface area contributed by atoms with Gasteiger partial charge in [-0.1, -0.05) is 42.5 Å². The Bertz CT molecular complexity index is 1280. The standard InChI is InChI=1S/C19H19F3N4O2.C10H12N2/c20-19(21,22)13-26-9-8-25(12-18(26)28)15-6-7-16(23-11-15)24-17(27)10-14-4-2-1-3-5-14;1-12-7-6-9-2-4-10(8-11)5-3-9/h1-7,11H,8-10,12-13H2,(H,23,24,27);2-5,12H,6-7H2,1H3. The average Bonchev–Trinajstić information content (AvgIpc) is 2.94. The van der Waals surface area contributed by atoms with Gasteiger partial charge in [0, 0.05) is 13.1 Å². The van der Waals surface area contributed by atoms with Crippen LogP contribution in [0.3, 0.4) is 0 Å². The highest BCUT2D eigenvalue weighted by Crippen LogP contribution is 2.21. The maximum Gasteiger partial charge on any atom is 0.406 e. The van der Waals surface area contributed by atoms with E-state index in [1.165, 1.54) is 11.8 Å². The normalized spacial score (nSPS) is 13.2. The van der Waals surface area contributed by atoms with Crippen LogP contribution in [-0.2, 0) is 22.4 Å². The van der Waals surface area contributed by atoms with Gasteiger partial charge in [0.05, 0.1) is 36.5 Å². The van der Waals surface area contributed by atoms with Crippen LogP contribution in [0.15, 0.2) is 72.9 Å². The van der Waals surface area contributed by atoms with E-state index >= 15 is 0 Å². The van der Waals surface area contributed by atoms with E-state index in [0.717, 1.165) is 29.0 Å². The summed E-state index contributed by atoms with van der Waals surface area (Å²) in [6, 6.07) is 22.4. The summed E-state index contributed by atoms with van der Waals surface area (Å²) in [6.07, 6.45) is -1.67. The average molecular weight is 553 g/mol. The number of nitrogens with zero attached hydrogens (tertiary/aromatic N) is 4. The molecule has 0 spiro atoms. The lowest BCUT2D eigenvalue weighted by Gasteiger charge is -2.35. The smallest absolute Gasteiger partial charge is 0.359 e. The lowest BCUT2D eigenvalue weighted by molar-refractivity contribution is -0.161. The molecule has 0 radical (unpaired) electrons. The molecule has 1 fully saturated rings. The molecule has 0 unspecified atom stereocenters. The van der Waals surface area contributed by atoms with Gasteiger partial charge in [-0.3, -0.25) is 9.59 Å². The van der Waals surface area contributed by atoms with Crippen LogP contribution in [0.25, 0.3) is 0 Å². The highest BCUT2D eigenvalue weighted by Gasteiger charge is 2.35. The van der Waals surface area contributed by atoms with Crippen LogP contribution in [0, 0.1) is 11.3 Å². The van der Waals surface area contributed by atoms with Gasteiger partial charge in [0.15, 0.2) is 0 Å². The van der Waals surface area contributed by atoms with E-state index in [1.54, 1.807) is 17.0 Å². The predicted octanol–water partition coefficient (Wildman–Crippen LogP) is 3.79. The van der Waals surface area contributed by atoms with E-state index in [-0.39, 0.29) is 32.0 Å². The summed E-state index contributed by atoms with van der Waals surface area (Å²) < 4.78 is 37.4. The van der Waals surface area contributed by atoms with Gasteiger partial charge in [0.2, 0.25) is 11.8 Å². The van der Waals surface area contributed by atoms with Crippen molar-refractivity contribution in [1.82, 2.24) is 15.2 Å². The summed E-state index contributed by atoms with van der Waals surface area (Å²) in [5.41, 5.74) is 3.49. The molecule has 40 heavy (non-hydrogen) atoms. The lowest BCUT2D eigenvalue weighted by Crippen LogP contribution is -2.53. The number of nitrogens with one attached hydrogen (secondary N) is 2. The van der Waals surface area contributed by atoms with Crippen LogP contribution in [0.2, 0.25) is 0 Å². The SMILES string of the molecule is CNCCc1ccc(C#N)cc1.O=C(Cc1ccccc1)Nc1ccc(N2CCN(CC(F)(F)F)C(=O)C2)cn1. The van der Waals surface area contributed by atoms with Crippen LogP contribution in [0.5, 0.6) is 0 Å². The molecule has 11 heteroatoms. The Morgan fingerprint density at radius 3 is 2.33 bits per heavy atom. The van der Waals surface area contributed by atoms with Gasteiger partial charge in [0.1, 0.15) is 12.4 Å². The lowest BCUT2D eigenvalue weighted by atomic mass is 10.1. The Kier molecular flexibility index (Phi) is 11.0. The van der Waals surface area contributed by atoms with Crippen molar-refractivity contribution in [1.29, 1.82) is 5.26 Å². The van der Waals surface area contributed by atoms with Crippen LogP contribution in [0.4, 0.5) is 24.7 Å². The number of piperazine rings is 1. The minimum Gasteiger partial charge on any atom is -0.359 e. The van der Waals surface area contributed by atoms with Gasteiger partial charge in [-0.2, -0.15) is 18.4 Å². The number of anilines is 2. The highest BCUT2D eigenvalue weighted by molar-refractivity contribution is 5.91. The molecule has 2 N–H and O–H groups in total. The minimum absolute atomic E-state index is 0.00605. The van der Waals surface area contributed by atoms with Crippen molar-refractivity contribution in [3.63, 3.8) is 0 Å². The van der Waals surface area contributed by atoms with Crippen LogP contribution in [-0.4, -0.2) is 67.6 Å². The molecule has 210 valence electrons. The molecule has 3 aromatic rings. The summed E-state index contributed by atoms with van der Waals surface area (Å²) in [5, 5.41) is 14.3. The molecule has 0 saturated carbocycles. The monoisotopic (exact) mass is 552 g/mol. The van der Waals surface area contributed by atoms with Crippen LogP contribution in [0.1, 0.15) is 16.7 Å². The molecule has 2 heterocycles. The number of benzene rings is 2. The molecule has 0 bridgehead atoms. The quantitative estimate of drug-likeness (QED) is 0.441. The largest absolute Gasteiger partial charge is 0.406 e. The molecule has 8 nitrogen and oxygen atoms in total. The van der Waals surface area contributed by atoms with Crippen molar-refractivity contribution in [2.75, 3.05) is 50.0 Å². The van der Waals surface area contributed by atoms with Gasteiger partial charge in [-0.05, 0) is 55.4 Å². The first-order valence-electron chi connectivity index (χ1n) is 12.7. The summed E-state index contributed by atoms with van der Waals surface area (Å²) in [5.74, 6) is -0.419. The van der Waals surface area contributed by atoms with E-state index in [4.69, 9.17) is 5.26 Å². The van der Waals surface area contributed by atoms with E-state index in [1.807, 2.05) is 61.6 Å². The fourth-order valence-electron chi connectivity index (χ4n) is 3.94. The van der Waals surface area contributed by atoms with Gasteiger partial charge < -0.3 is 20.4 Å². The Balaban J connectivity index is 0.000000307. The first-order chi connectivity index (χ1) is 19.2. The molecular formula is C29H31F3N6O2. The van der Waals surface area contributed by atoms with E-state index in [0.29, 0.717) is 11.5 Å². The topological polar surface area (TPSA) is 101 Å². The zero-order valence-corrected chi connectivity index (χ0v) is 22.1. The zero-order chi connectivity index (χ0) is 29.0. The molecule has 1 aromatic heterocycles. The van der Waals surface area contributed by atoms with Crippen molar-refractivity contribution in [2.24, 2.45) is 0 Å². The Labute approximate surface area is 231 Å². The summed E-state index contributed by atoms with van der Waals surface area (Å²) in [6.45, 7) is -0.120. The first-order valence-corrected chi connectivity index (χ1v) is 12.7. The fraction of sp³-hybridized carbons (Fsp3) is 0.310. The molecule has 2 amide bonds. The molecule has 2 aromatic carbocycles. The van der Waals surface area contributed by atoms with Gasteiger partial charge >= 0.3 is 6.18 Å². The number of rotatable bonds is 8. The molecule has 4 rings (SSSR count). The maximum absolute atomic E-state index is 12.5. The fourth-order valence-corrected chi connectivity index (χ4v) is 3.94. The second-order valence-electron chi connectivity index (χ2n) is 9.13. The predicted molar refractivity (Wildman–Crippen MR) is 147 cm³/mol. The number of amides is 2. The van der Waals surface area contributed by atoms with Crippen molar-refractivity contribution in [3.8, 4) is 6.07 Å². The van der Waals surface area contributed by atoms with Gasteiger partial charge in [0.25, 0.3) is 0 Å². The number of aromatic nitrogens is 1. The second kappa shape index (κ2) is 14.6. The number of alkyl halides is 3. The number of pyridine rings is 1. The number of carbonyl (C=O) groups excluding carboxylic acids is 2. The number of hydrogen-bond donors (Lipinski definition) is 2. The zero-order valence-electron chi connectivity index (χ0n) is 22.1. The Hall–Kier alpha value is -4.43. The number of likely N-dealkylation sites (N-methyl/N-ethyl adjacent to an activating group) is 1. The summed E-state index contributed by atoms with van der Waals surface area (Å²) >= 11 is 0. The third-order valence-corrected chi connectivity index (χ3v) is 6.02. The Morgan fingerprint density at radius 1 is 1.02 bits per heavy atom. The van der Waals surface area contributed by atoms with Crippen molar-refractivity contribution in [2.45, 2.75) is 19.0 Å². The van der Waals surface area contributed by atoms with Gasteiger partial charge in [-0.15, -0.1) is 0 Å². The Morgan fingerprint density at radius 2 is 1.75 bits per heavy atom. The molecule has 1 aliphatic heterocycles. The minimum atomic E-state index is -4.40. The van der Waals surface area contributed by atoms with Crippen LogP contribution >= 0.6 is 0 Å². The highest BCUT2D eigenvalue weighted by atomic mass is 19.4. The third-order valence-electron chi connectivity index (χ3n) is 6.02. The van der Waals surface area contributed by atoms with E-state index < -0.39 is 18.6 Å². The second-order valence-corrected chi connectivity index (χ2v) is 9.13. The number of nitriles is 1. The maximum atomic E-state index is 12.5. The molecule has 0 aliphatic carbocycles. The molecule has 1 saturated heterocycles. The molecule has 1 aliphatic rings. The van der Waals surface area contributed by atoms with Crippen molar-refractivity contribution >= 4 is 23.3 Å². The molecular weight excluding hydrogens is 521 g/mol. The van der Waals surface area contributed by atoms with Crippen LogP contribution < -0.4 is 15.5 Å². The van der Waals surface area contributed by atoms with Crippen molar-refractivity contribution in [3.05, 3.63) is 89.6 Å².